The van der Waals surface area contributed by atoms with Crippen LogP contribution in [0.25, 0.3) is 5.70 Å². The molecule has 0 aromatic heterocycles. The number of carboxylic acid groups (broad SMARTS) is 3. The molecule has 8 nitrogen and oxygen atoms in total. The molecule has 1 heterocycles. The van der Waals surface area contributed by atoms with E-state index < -0.39 is 23.9 Å². The molecule has 0 saturated carbocycles. The lowest BCUT2D eigenvalue weighted by atomic mass is 10.0. The Morgan fingerprint density at radius 1 is 0.889 bits per heavy atom. The fourth-order valence-electron chi connectivity index (χ4n) is 2.78. The highest BCUT2D eigenvalue weighted by molar-refractivity contribution is 6.30. The molecule has 2 aromatic rings. The Hall–Kier alpha value is -3.52. The van der Waals surface area contributed by atoms with Gasteiger partial charge in [0.05, 0.1) is 22.5 Å². The van der Waals surface area contributed by atoms with Gasteiger partial charge in [-0.05, 0) is 36.4 Å². The Labute approximate surface area is 157 Å². The summed E-state index contributed by atoms with van der Waals surface area (Å²) in [6.45, 7) is 0. The number of hydrogen-bond donors (Lipinski definition) is 4. The van der Waals surface area contributed by atoms with Crippen LogP contribution in [-0.4, -0.2) is 39.3 Å². The average molecular weight is 389 g/mol. The summed E-state index contributed by atoms with van der Waals surface area (Å²) < 4.78 is 0. The quantitative estimate of drug-likeness (QED) is 0.614. The van der Waals surface area contributed by atoms with Gasteiger partial charge in [0.15, 0.2) is 6.04 Å². The van der Waals surface area contributed by atoms with Crippen molar-refractivity contribution in [3.63, 3.8) is 0 Å². The van der Waals surface area contributed by atoms with Crippen molar-refractivity contribution in [2.75, 3.05) is 5.01 Å². The van der Waals surface area contributed by atoms with E-state index in [0.29, 0.717) is 16.3 Å². The minimum atomic E-state index is -1.51. The third kappa shape index (κ3) is 3.42. The molecular formula is C18H13ClN2O6. The maximum atomic E-state index is 11.8. The van der Waals surface area contributed by atoms with Gasteiger partial charge < -0.3 is 15.3 Å². The van der Waals surface area contributed by atoms with Gasteiger partial charge in [-0.3, -0.25) is 10.4 Å². The third-order valence-electron chi connectivity index (χ3n) is 4.02. The second kappa shape index (κ2) is 7.00. The molecule has 2 aromatic carbocycles. The third-order valence-corrected chi connectivity index (χ3v) is 4.27. The Morgan fingerprint density at radius 3 is 1.96 bits per heavy atom. The summed E-state index contributed by atoms with van der Waals surface area (Å²) in [5.41, 5.74) is 3.37. The lowest BCUT2D eigenvalue weighted by Crippen LogP contribution is -2.45. The fraction of sp³-hybridized carbons (Fsp3) is 0.0556. The Morgan fingerprint density at radius 2 is 1.48 bits per heavy atom. The van der Waals surface area contributed by atoms with Crippen molar-refractivity contribution in [2.24, 2.45) is 0 Å². The van der Waals surface area contributed by atoms with E-state index in [1.807, 2.05) is 0 Å². The number of nitrogens with one attached hydrogen (secondary N) is 1. The fourth-order valence-corrected chi connectivity index (χ4v) is 2.91. The molecule has 0 saturated heterocycles. The molecule has 27 heavy (non-hydrogen) atoms. The van der Waals surface area contributed by atoms with E-state index in [4.69, 9.17) is 16.7 Å². The summed E-state index contributed by atoms with van der Waals surface area (Å²) in [5.74, 6) is -3.88. The Kier molecular flexibility index (Phi) is 4.74. The number of hydrogen-bond acceptors (Lipinski definition) is 5. The van der Waals surface area contributed by atoms with Crippen molar-refractivity contribution in [1.82, 2.24) is 5.43 Å². The van der Waals surface area contributed by atoms with Crippen molar-refractivity contribution in [3.8, 4) is 0 Å². The standard InChI is InChI=1S/C18H13ClN2O6/c19-11-5-1-9(2-6-11)14-13(17(24)25)15(18(26)27)21(20-14)12-7-3-10(4-8-12)16(22)23/h1-8,15,20H,(H,22,23)(H,24,25)(H,26,27). The second-order valence-corrected chi connectivity index (χ2v) is 6.11. The van der Waals surface area contributed by atoms with Crippen molar-refractivity contribution in [1.29, 1.82) is 0 Å². The van der Waals surface area contributed by atoms with Crippen LogP contribution in [-0.2, 0) is 9.59 Å². The summed E-state index contributed by atoms with van der Waals surface area (Å²) in [5, 5.41) is 29.8. The second-order valence-electron chi connectivity index (χ2n) is 5.68. The number of anilines is 1. The van der Waals surface area contributed by atoms with Crippen molar-refractivity contribution in [2.45, 2.75) is 6.04 Å². The van der Waals surface area contributed by atoms with Crippen LogP contribution in [0.15, 0.2) is 54.1 Å². The highest BCUT2D eigenvalue weighted by Crippen LogP contribution is 2.32. The van der Waals surface area contributed by atoms with Crippen molar-refractivity contribution < 1.29 is 29.7 Å². The lowest BCUT2D eigenvalue weighted by molar-refractivity contribution is -0.140. The van der Waals surface area contributed by atoms with E-state index >= 15 is 0 Å². The maximum absolute atomic E-state index is 11.8. The van der Waals surface area contributed by atoms with Crippen LogP contribution in [0.4, 0.5) is 5.69 Å². The zero-order valence-electron chi connectivity index (χ0n) is 13.6. The van der Waals surface area contributed by atoms with E-state index in [1.54, 1.807) is 24.3 Å². The molecular weight excluding hydrogens is 376 g/mol. The monoisotopic (exact) mass is 388 g/mol. The number of halogens is 1. The van der Waals surface area contributed by atoms with Gasteiger partial charge in [0.2, 0.25) is 0 Å². The first-order chi connectivity index (χ1) is 12.8. The maximum Gasteiger partial charge on any atom is 0.336 e. The predicted octanol–water partition coefficient (Wildman–Crippen LogP) is 2.31. The average Bonchev–Trinajstić information content (AvgIpc) is 3.03. The number of aromatic carboxylic acids is 1. The highest BCUT2D eigenvalue weighted by atomic mass is 35.5. The number of nitrogens with zero attached hydrogens (tertiary/aromatic N) is 1. The molecule has 4 N–H and O–H groups in total. The first-order valence-electron chi connectivity index (χ1n) is 7.65. The molecule has 1 aliphatic heterocycles. The van der Waals surface area contributed by atoms with E-state index in [1.165, 1.54) is 29.3 Å². The minimum Gasteiger partial charge on any atom is -0.479 e. The summed E-state index contributed by atoms with van der Waals surface area (Å²) in [6, 6.07) is 10.2. The molecule has 0 aliphatic carbocycles. The Bertz CT molecular complexity index is 953. The summed E-state index contributed by atoms with van der Waals surface area (Å²) >= 11 is 5.86. The molecule has 0 radical (unpaired) electrons. The Balaban J connectivity index is 2.08. The summed E-state index contributed by atoms with van der Waals surface area (Å²) in [4.78, 5) is 34.6. The first-order valence-corrected chi connectivity index (χ1v) is 8.03. The molecule has 138 valence electrons. The SMILES string of the molecule is O=C(O)C1=C(c2ccc(Cl)cc2)NN(c2ccc(C(=O)O)cc2)C1C(=O)O. The van der Waals surface area contributed by atoms with E-state index in [9.17, 15) is 24.6 Å². The van der Waals surface area contributed by atoms with Gasteiger partial charge in [-0.15, -0.1) is 0 Å². The zero-order valence-corrected chi connectivity index (χ0v) is 14.3. The molecule has 9 heteroatoms. The van der Waals surface area contributed by atoms with Gasteiger partial charge in [-0.1, -0.05) is 23.7 Å². The van der Waals surface area contributed by atoms with Crippen LogP contribution < -0.4 is 10.4 Å². The number of hydrazine groups is 1. The molecule has 0 amide bonds. The van der Waals surface area contributed by atoms with Gasteiger partial charge >= 0.3 is 17.9 Å². The normalized spacial score (nSPS) is 16.2. The van der Waals surface area contributed by atoms with E-state index in [-0.39, 0.29) is 16.8 Å². The largest absolute Gasteiger partial charge is 0.479 e. The lowest BCUT2D eigenvalue weighted by Gasteiger charge is -2.25. The molecule has 1 unspecified atom stereocenters. The van der Waals surface area contributed by atoms with Gasteiger partial charge in [0.1, 0.15) is 0 Å². The van der Waals surface area contributed by atoms with Gasteiger partial charge in [-0.25, -0.2) is 14.4 Å². The zero-order chi connectivity index (χ0) is 19.7. The minimum absolute atomic E-state index is 0.0224. The predicted molar refractivity (Wildman–Crippen MR) is 96.4 cm³/mol. The number of rotatable bonds is 5. The van der Waals surface area contributed by atoms with Crippen molar-refractivity contribution in [3.05, 3.63) is 70.3 Å². The van der Waals surface area contributed by atoms with Crippen LogP contribution in [0.2, 0.25) is 5.02 Å². The van der Waals surface area contributed by atoms with Gasteiger partial charge in [-0.2, -0.15) is 0 Å². The van der Waals surface area contributed by atoms with Crippen LogP contribution in [0.5, 0.6) is 0 Å². The topological polar surface area (TPSA) is 127 Å². The molecule has 0 fully saturated rings. The summed E-state index contributed by atoms with van der Waals surface area (Å²) in [6.07, 6.45) is 0. The molecule has 1 atom stereocenters. The number of carbonyl (C=O) groups is 3. The molecule has 3 rings (SSSR count). The molecule has 0 spiro atoms. The molecule has 1 aliphatic rings. The number of aliphatic carboxylic acids is 2. The van der Waals surface area contributed by atoms with Crippen LogP contribution in [0.3, 0.4) is 0 Å². The van der Waals surface area contributed by atoms with Crippen LogP contribution in [0.1, 0.15) is 15.9 Å². The van der Waals surface area contributed by atoms with Crippen LogP contribution >= 0.6 is 11.6 Å². The van der Waals surface area contributed by atoms with Gasteiger partial charge in [0, 0.05) is 10.6 Å². The van der Waals surface area contributed by atoms with Gasteiger partial charge in [0.25, 0.3) is 0 Å². The first kappa shape index (κ1) is 18.3. The van der Waals surface area contributed by atoms with E-state index in [0.717, 1.165) is 0 Å². The summed E-state index contributed by atoms with van der Waals surface area (Å²) in [7, 11) is 0. The number of benzene rings is 2. The van der Waals surface area contributed by atoms with E-state index in [2.05, 4.69) is 5.43 Å². The van der Waals surface area contributed by atoms with Crippen LogP contribution in [0, 0.1) is 0 Å². The highest BCUT2D eigenvalue weighted by Gasteiger charge is 2.42. The smallest absolute Gasteiger partial charge is 0.336 e. The number of carboxylic acids is 3. The van der Waals surface area contributed by atoms with Crippen molar-refractivity contribution >= 4 is 40.9 Å². The molecule has 0 bridgehead atoms.